The Hall–Kier alpha value is -0.920. The fourth-order valence-electron chi connectivity index (χ4n) is 0.777. The SMILES string of the molecule is C=C(N(C)C)N(C)C=C(C)C. The van der Waals surface area contributed by atoms with Gasteiger partial charge in [-0.2, -0.15) is 0 Å². The molecule has 0 bridgehead atoms. The van der Waals surface area contributed by atoms with Crippen molar-refractivity contribution in [3.05, 3.63) is 24.2 Å². The molecule has 0 aliphatic heterocycles. The first kappa shape index (κ1) is 10.1. The van der Waals surface area contributed by atoms with Crippen molar-refractivity contribution in [3.8, 4) is 0 Å². The van der Waals surface area contributed by atoms with Crippen molar-refractivity contribution in [2.75, 3.05) is 21.1 Å². The van der Waals surface area contributed by atoms with Gasteiger partial charge >= 0.3 is 0 Å². The molecule has 0 fully saturated rings. The number of allylic oxidation sites excluding steroid dienone is 1. The van der Waals surface area contributed by atoms with Gasteiger partial charge in [-0.25, -0.2) is 0 Å². The van der Waals surface area contributed by atoms with E-state index in [0.29, 0.717) is 0 Å². The second kappa shape index (κ2) is 4.06. The largest absolute Gasteiger partial charge is 0.365 e. The average molecular weight is 154 g/mol. The van der Waals surface area contributed by atoms with Gasteiger partial charge in [0.25, 0.3) is 0 Å². The maximum atomic E-state index is 3.91. The Morgan fingerprint density at radius 3 is 1.91 bits per heavy atom. The molecule has 0 spiro atoms. The Bertz CT molecular complexity index is 164. The van der Waals surface area contributed by atoms with Crippen LogP contribution in [0.2, 0.25) is 0 Å². The van der Waals surface area contributed by atoms with Crippen LogP contribution in [0.25, 0.3) is 0 Å². The zero-order chi connectivity index (χ0) is 9.02. The van der Waals surface area contributed by atoms with Gasteiger partial charge in [-0.3, -0.25) is 0 Å². The van der Waals surface area contributed by atoms with E-state index in [2.05, 4.69) is 26.6 Å². The van der Waals surface area contributed by atoms with E-state index in [1.165, 1.54) is 5.57 Å². The molecule has 0 heterocycles. The first-order valence-corrected chi connectivity index (χ1v) is 3.69. The predicted octanol–water partition coefficient (Wildman–Crippen LogP) is 1.87. The van der Waals surface area contributed by atoms with Crippen LogP contribution in [0, 0.1) is 0 Å². The number of rotatable bonds is 3. The molecule has 0 aromatic heterocycles. The Kier molecular flexibility index (Phi) is 3.72. The highest BCUT2D eigenvalue weighted by molar-refractivity contribution is 5.01. The molecule has 0 atom stereocenters. The summed E-state index contributed by atoms with van der Waals surface area (Å²) in [7, 11) is 5.96. The summed E-state index contributed by atoms with van der Waals surface area (Å²) in [4.78, 5) is 3.99. The van der Waals surface area contributed by atoms with Crippen LogP contribution in [0.3, 0.4) is 0 Å². The van der Waals surface area contributed by atoms with Crippen LogP contribution in [-0.4, -0.2) is 30.9 Å². The van der Waals surface area contributed by atoms with Crippen LogP contribution < -0.4 is 0 Å². The first-order valence-electron chi connectivity index (χ1n) is 3.69. The molecule has 0 unspecified atom stereocenters. The third-order valence-electron chi connectivity index (χ3n) is 1.38. The minimum absolute atomic E-state index is 0.992. The minimum Gasteiger partial charge on any atom is -0.365 e. The minimum atomic E-state index is 0.992. The van der Waals surface area contributed by atoms with E-state index in [9.17, 15) is 0 Å². The standard InChI is InChI=1S/C9H18N2/c1-8(2)7-11(6)9(3)10(4)5/h7H,3H2,1-2,4-6H3. The van der Waals surface area contributed by atoms with Crippen molar-refractivity contribution < 1.29 is 0 Å². The van der Waals surface area contributed by atoms with E-state index in [1.54, 1.807) is 0 Å². The third-order valence-corrected chi connectivity index (χ3v) is 1.38. The van der Waals surface area contributed by atoms with Crippen LogP contribution in [0.15, 0.2) is 24.2 Å². The molecule has 2 heteroatoms. The van der Waals surface area contributed by atoms with Gasteiger partial charge in [-0.15, -0.1) is 0 Å². The normalized spacial score (nSPS) is 8.82. The molecule has 0 aliphatic carbocycles. The summed E-state index contributed by atoms with van der Waals surface area (Å²) in [6, 6.07) is 0. The molecule has 64 valence electrons. The lowest BCUT2D eigenvalue weighted by Gasteiger charge is -2.24. The molecule has 0 saturated carbocycles. The van der Waals surface area contributed by atoms with Crippen molar-refractivity contribution in [2.45, 2.75) is 13.8 Å². The van der Waals surface area contributed by atoms with Gasteiger partial charge < -0.3 is 9.80 Å². The van der Waals surface area contributed by atoms with E-state index in [1.807, 2.05) is 30.9 Å². The number of nitrogens with zero attached hydrogens (tertiary/aromatic N) is 2. The molecule has 11 heavy (non-hydrogen) atoms. The highest BCUT2D eigenvalue weighted by atomic mass is 15.3. The molecule has 0 saturated heterocycles. The lowest BCUT2D eigenvalue weighted by molar-refractivity contribution is 0.368. The molecule has 0 N–H and O–H groups in total. The van der Waals surface area contributed by atoms with E-state index in [0.717, 1.165) is 5.82 Å². The Labute approximate surface area is 69.8 Å². The summed E-state index contributed by atoms with van der Waals surface area (Å²) in [5.74, 6) is 0.992. The van der Waals surface area contributed by atoms with E-state index in [4.69, 9.17) is 0 Å². The van der Waals surface area contributed by atoms with Gasteiger partial charge in [-0.05, 0) is 13.8 Å². The number of hydrogen-bond acceptors (Lipinski definition) is 2. The monoisotopic (exact) mass is 154 g/mol. The Morgan fingerprint density at radius 1 is 1.18 bits per heavy atom. The summed E-state index contributed by atoms with van der Waals surface area (Å²) in [6.45, 7) is 8.05. The van der Waals surface area contributed by atoms with Crippen LogP contribution in [0.4, 0.5) is 0 Å². The van der Waals surface area contributed by atoms with Crippen LogP contribution in [-0.2, 0) is 0 Å². The lowest BCUT2D eigenvalue weighted by atomic mass is 10.4. The van der Waals surface area contributed by atoms with Gasteiger partial charge in [0.05, 0.1) is 5.82 Å². The zero-order valence-corrected chi connectivity index (χ0v) is 8.18. The maximum Gasteiger partial charge on any atom is 0.0997 e. The average Bonchev–Trinajstić information content (AvgIpc) is 1.84. The van der Waals surface area contributed by atoms with Crippen molar-refractivity contribution in [2.24, 2.45) is 0 Å². The molecule has 0 rings (SSSR count). The maximum absolute atomic E-state index is 3.91. The fourth-order valence-corrected chi connectivity index (χ4v) is 0.777. The second-order valence-electron chi connectivity index (χ2n) is 3.13. The topological polar surface area (TPSA) is 6.48 Å². The first-order chi connectivity index (χ1) is 4.95. The van der Waals surface area contributed by atoms with Gasteiger partial charge in [0, 0.05) is 27.3 Å². The Morgan fingerprint density at radius 2 is 1.64 bits per heavy atom. The van der Waals surface area contributed by atoms with Crippen LogP contribution in [0.1, 0.15) is 13.8 Å². The summed E-state index contributed by atoms with van der Waals surface area (Å²) >= 11 is 0. The Balaban J connectivity index is 4.15. The van der Waals surface area contributed by atoms with E-state index < -0.39 is 0 Å². The van der Waals surface area contributed by atoms with Crippen molar-refractivity contribution >= 4 is 0 Å². The summed E-state index contributed by atoms with van der Waals surface area (Å²) in [6.07, 6.45) is 2.06. The molecule has 0 amide bonds. The quantitative estimate of drug-likeness (QED) is 0.612. The van der Waals surface area contributed by atoms with E-state index in [-0.39, 0.29) is 0 Å². The van der Waals surface area contributed by atoms with E-state index >= 15 is 0 Å². The summed E-state index contributed by atoms with van der Waals surface area (Å²) < 4.78 is 0. The lowest BCUT2D eigenvalue weighted by Crippen LogP contribution is -2.22. The smallest absolute Gasteiger partial charge is 0.0997 e. The highest BCUT2D eigenvalue weighted by Gasteiger charge is 1.98. The van der Waals surface area contributed by atoms with Gasteiger partial charge in [-0.1, -0.05) is 12.2 Å². The molecule has 0 aromatic rings. The summed E-state index contributed by atoms with van der Waals surface area (Å²) in [5, 5.41) is 0. The van der Waals surface area contributed by atoms with Gasteiger partial charge in [0.2, 0.25) is 0 Å². The summed E-state index contributed by atoms with van der Waals surface area (Å²) in [5.41, 5.74) is 1.27. The van der Waals surface area contributed by atoms with Gasteiger partial charge in [0.1, 0.15) is 0 Å². The van der Waals surface area contributed by atoms with Crippen molar-refractivity contribution in [1.29, 1.82) is 0 Å². The van der Waals surface area contributed by atoms with Crippen LogP contribution >= 0.6 is 0 Å². The number of hydrogen-bond donors (Lipinski definition) is 0. The molecule has 0 aromatic carbocycles. The molecule has 2 nitrogen and oxygen atoms in total. The fraction of sp³-hybridized carbons (Fsp3) is 0.556. The predicted molar refractivity (Wildman–Crippen MR) is 50.0 cm³/mol. The van der Waals surface area contributed by atoms with Crippen molar-refractivity contribution in [3.63, 3.8) is 0 Å². The van der Waals surface area contributed by atoms with Crippen molar-refractivity contribution in [1.82, 2.24) is 9.80 Å². The molecular weight excluding hydrogens is 136 g/mol. The van der Waals surface area contributed by atoms with Crippen LogP contribution in [0.5, 0.6) is 0 Å². The van der Waals surface area contributed by atoms with Gasteiger partial charge in [0.15, 0.2) is 0 Å². The molecule has 0 aliphatic rings. The molecular formula is C9H18N2. The molecule has 0 radical (unpaired) electrons. The zero-order valence-electron chi connectivity index (χ0n) is 8.18. The third kappa shape index (κ3) is 3.71. The highest BCUT2D eigenvalue weighted by Crippen LogP contribution is 2.03. The second-order valence-corrected chi connectivity index (χ2v) is 3.13.